The zero-order valence-corrected chi connectivity index (χ0v) is 14.7. The number of fused-ring (bicyclic) bond motifs is 3. The highest BCUT2D eigenvalue weighted by molar-refractivity contribution is 7.22. The summed E-state index contributed by atoms with van der Waals surface area (Å²) in [6.07, 6.45) is 0. The summed E-state index contributed by atoms with van der Waals surface area (Å²) in [5, 5.41) is 3.18. The Bertz CT molecular complexity index is 1200. The van der Waals surface area contributed by atoms with Gasteiger partial charge in [0.25, 0.3) is 0 Å². The van der Waals surface area contributed by atoms with E-state index in [1.165, 1.54) is 15.9 Å². The first kappa shape index (κ1) is 15.9. The van der Waals surface area contributed by atoms with E-state index in [9.17, 15) is 9.59 Å². The molecule has 27 heavy (non-hydrogen) atoms. The number of ether oxygens (including phenoxy) is 2. The zero-order valence-electron chi connectivity index (χ0n) is 13.9. The number of amides is 1. The van der Waals surface area contributed by atoms with Crippen molar-refractivity contribution in [3.8, 4) is 11.5 Å². The number of anilines is 1. The minimum absolute atomic E-state index is 0.158. The molecule has 4 aromatic rings. The topological polar surface area (TPSA) is 95.6 Å². The van der Waals surface area contributed by atoms with Crippen LogP contribution in [0.2, 0.25) is 0 Å². The molecular weight excluding hydrogens is 370 g/mol. The highest BCUT2D eigenvalue weighted by atomic mass is 32.1. The van der Waals surface area contributed by atoms with Crippen LogP contribution < -0.4 is 20.5 Å². The number of hydrogen-bond donors (Lipinski definition) is 1. The molecule has 8 nitrogen and oxygen atoms in total. The number of nitrogens with one attached hydrogen (secondary N) is 1. The van der Waals surface area contributed by atoms with E-state index in [1.807, 2.05) is 6.07 Å². The minimum atomic E-state index is -0.572. The first-order chi connectivity index (χ1) is 13.2. The Labute approximate surface area is 155 Å². The molecule has 0 unspecified atom stereocenters. The zero-order chi connectivity index (χ0) is 18.4. The second-order valence-corrected chi connectivity index (χ2v) is 6.98. The molecule has 5 rings (SSSR count). The summed E-state index contributed by atoms with van der Waals surface area (Å²) in [4.78, 5) is 28.8. The lowest BCUT2D eigenvalue weighted by atomic mass is 10.3. The van der Waals surface area contributed by atoms with E-state index in [-0.39, 0.29) is 12.5 Å². The fourth-order valence-corrected chi connectivity index (χ4v) is 3.88. The van der Waals surface area contributed by atoms with Crippen molar-refractivity contribution in [3.05, 3.63) is 46.9 Å². The summed E-state index contributed by atoms with van der Waals surface area (Å²) in [5.41, 5.74) is 1.73. The van der Waals surface area contributed by atoms with Gasteiger partial charge in [0.1, 0.15) is 19.8 Å². The van der Waals surface area contributed by atoms with Gasteiger partial charge in [0.2, 0.25) is 5.91 Å². The third-order valence-corrected chi connectivity index (χ3v) is 5.11. The van der Waals surface area contributed by atoms with Crippen LogP contribution in [-0.4, -0.2) is 28.7 Å². The first-order valence-corrected chi connectivity index (χ1v) is 9.07. The van der Waals surface area contributed by atoms with E-state index in [0.29, 0.717) is 46.5 Å². The number of aromatic nitrogens is 2. The minimum Gasteiger partial charge on any atom is -0.486 e. The van der Waals surface area contributed by atoms with Crippen molar-refractivity contribution in [1.29, 1.82) is 0 Å². The maximum atomic E-state index is 12.4. The fraction of sp³-hybridized carbons (Fsp3) is 0.167. The standard InChI is InChI=1S/C18H13N3O5S/c22-16(9-21-11-3-1-2-4-12(11)26-18(21)23)20-17-19-10-7-13-14(8-15(10)27-17)25-6-5-24-13/h1-4,7-8H,5-6,9H2,(H,19,20,22). The van der Waals surface area contributed by atoms with Crippen LogP contribution in [0.1, 0.15) is 0 Å². The second-order valence-electron chi connectivity index (χ2n) is 5.95. The molecule has 2 aromatic carbocycles. The Kier molecular flexibility index (Phi) is 3.61. The fourth-order valence-electron chi connectivity index (χ4n) is 2.98. The molecule has 1 N–H and O–H groups in total. The van der Waals surface area contributed by atoms with Gasteiger partial charge in [0.15, 0.2) is 22.2 Å². The highest BCUT2D eigenvalue weighted by Crippen LogP contribution is 2.37. The maximum Gasteiger partial charge on any atom is 0.420 e. The molecule has 0 bridgehead atoms. The molecule has 136 valence electrons. The van der Waals surface area contributed by atoms with Gasteiger partial charge in [-0.1, -0.05) is 23.5 Å². The van der Waals surface area contributed by atoms with Crippen molar-refractivity contribution in [2.75, 3.05) is 18.5 Å². The predicted molar refractivity (Wildman–Crippen MR) is 99.7 cm³/mol. The number of thiazole rings is 1. The van der Waals surface area contributed by atoms with E-state index in [2.05, 4.69) is 10.3 Å². The Balaban J connectivity index is 1.40. The summed E-state index contributed by atoms with van der Waals surface area (Å²) >= 11 is 1.33. The number of carbonyl (C=O) groups is 1. The van der Waals surface area contributed by atoms with Crippen LogP contribution in [0.4, 0.5) is 5.13 Å². The summed E-state index contributed by atoms with van der Waals surface area (Å²) in [6, 6.07) is 10.6. The van der Waals surface area contributed by atoms with Gasteiger partial charge in [-0.3, -0.25) is 9.36 Å². The summed E-state index contributed by atoms with van der Waals surface area (Å²) in [5.74, 6) is 0.387. The molecular formula is C18H13N3O5S. The molecule has 0 radical (unpaired) electrons. The van der Waals surface area contributed by atoms with Crippen molar-refractivity contribution in [2.45, 2.75) is 6.54 Å². The van der Waals surface area contributed by atoms with E-state index in [1.54, 1.807) is 30.3 Å². The van der Waals surface area contributed by atoms with E-state index < -0.39 is 5.76 Å². The first-order valence-electron chi connectivity index (χ1n) is 8.26. The van der Waals surface area contributed by atoms with Crippen molar-refractivity contribution in [1.82, 2.24) is 9.55 Å². The molecule has 2 aromatic heterocycles. The van der Waals surface area contributed by atoms with Crippen LogP contribution in [0.25, 0.3) is 21.3 Å². The molecule has 0 aliphatic carbocycles. The summed E-state index contributed by atoms with van der Waals surface area (Å²) < 4.78 is 18.4. The molecule has 0 atom stereocenters. The van der Waals surface area contributed by atoms with Gasteiger partial charge in [-0.05, 0) is 12.1 Å². The maximum absolute atomic E-state index is 12.4. The van der Waals surface area contributed by atoms with Crippen molar-refractivity contribution in [2.24, 2.45) is 0 Å². The van der Waals surface area contributed by atoms with Crippen LogP contribution in [-0.2, 0) is 11.3 Å². The van der Waals surface area contributed by atoms with Crippen molar-refractivity contribution >= 4 is 43.7 Å². The van der Waals surface area contributed by atoms with Crippen LogP contribution in [0.5, 0.6) is 11.5 Å². The lowest BCUT2D eigenvalue weighted by Gasteiger charge is -2.17. The molecule has 3 heterocycles. The SMILES string of the molecule is O=C(Cn1c(=O)oc2ccccc21)Nc1nc2cc3c(cc2s1)OCCO3. The molecule has 1 amide bonds. The normalized spacial score (nSPS) is 13.2. The van der Waals surface area contributed by atoms with E-state index in [0.717, 1.165) is 4.70 Å². The van der Waals surface area contributed by atoms with Gasteiger partial charge < -0.3 is 19.2 Å². The van der Waals surface area contributed by atoms with Crippen molar-refractivity contribution in [3.63, 3.8) is 0 Å². The Morgan fingerprint density at radius 1 is 1.19 bits per heavy atom. The molecule has 9 heteroatoms. The second kappa shape index (κ2) is 6.13. The van der Waals surface area contributed by atoms with Gasteiger partial charge in [-0.25, -0.2) is 9.78 Å². The van der Waals surface area contributed by atoms with E-state index >= 15 is 0 Å². The smallest absolute Gasteiger partial charge is 0.420 e. The van der Waals surface area contributed by atoms with Gasteiger partial charge in [0.05, 0.1) is 15.7 Å². The quantitative estimate of drug-likeness (QED) is 0.584. The van der Waals surface area contributed by atoms with Crippen LogP contribution in [0, 0.1) is 0 Å². The molecule has 1 aliphatic heterocycles. The predicted octanol–water partition coefficient (Wildman–Crippen LogP) is 2.61. The third-order valence-electron chi connectivity index (χ3n) is 4.17. The molecule has 0 spiro atoms. The Morgan fingerprint density at radius 2 is 1.96 bits per heavy atom. The number of carbonyl (C=O) groups excluding carboxylic acids is 1. The van der Waals surface area contributed by atoms with Gasteiger partial charge >= 0.3 is 5.76 Å². The van der Waals surface area contributed by atoms with Crippen LogP contribution >= 0.6 is 11.3 Å². The van der Waals surface area contributed by atoms with Gasteiger partial charge in [-0.15, -0.1) is 0 Å². The summed E-state index contributed by atoms with van der Waals surface area (Å²) in [6.45, 7) is 0.850. The lowest BCUT2D eigenvalue weighted by molar-refractivity contribution is -0.116. The van der Waals surface area contributed by atoms with Gasteiger partial charge in [-0.2, -0.15) is 0 Å². The van der Waals surface area contributed by atoms with Gasteiger partial charge in [0, 0.05) is 12.1 Å². The number of oxazole rings is 1. The largest absolute Gasteiger partial charge is 0.486 e. The highest BCUT2D eigenvalue weighted by Gasteiger charge is 2.17. The average Bonchev–Trinajstić information content (AvgIpc) is 3.19. The van der Waals surface area contributed by atoms with Crippen LogP contribution in [0.15, 0.2) is 45.6 Å². The molecule has 0 saturated heterocycles. The Morgan fingerprint density at radius 3 is 2.81 bits per heavy atom. The van der Waals surface area contributed by atoms with E-state index in [4.69, 9.17) is 13.9 Å². The number of rotatable bonds is 3. The molecule has 1 aliphatic rings. The molecule has 0 saturated carbocycles. The number of para-hydroxylation sites is 2. The van der Waals surface area contributed by atoms with Crippen LogP contribution in [0.3, 0.4) is 0 Å². The number of nitrogens with zero attached hydrogens (tertiary/aromatic N) is 2. The number of hydrogen-bond acceptors (Lipinski definition) is 7. The lowest BCUT2D eigenvalue weighted by Crippen LogP contribution is -2.24. The average molecular weight is 383 g/mol. The Hall–Kier alpha value is -3.33. The monoisotopic (exact) mass is 383 g/mol. The molecule has 0 fully saturated rings. The van der Waals surface area contributed by atoms with Crippen molar-refractivity contribution < 1.29 is 18.7 Å². The summed E-state index contributed by atoms with van der Waals surface area (Å²) in [7, 11) is 0. The third kappa shape index (κ3) is 2.81. The number of benzene rings is 2.